The van der Waals surface area contributed by atoms with Gasteiger partial charge in [-0.15, -0.1) is 0 Å². The average Bonchev–Trinajstić information content (AvgIpc) is 2.74. The molecule has 31 heavy (non-hydrogen) atoms. The van der Waals surface area contributed by atoms with Crippen molar-refractivity contribution in [2.75, 3.05) is 18.4 Å². The molecule has 1 amide bonds. The van der Waals surface area contributed by atoms with Crippen molar-refractivity contribution < 1.29 is 18.1 Å². The van der Waals surface area contributed by atoms with Gasteiger partial charge < -0.3 is 5.32 Å². The molecule has 0 bridgehead atoms. The van der Waals surface area contributed by atoms with Gasteiger partial charge in [0.25, 0.3) is 11.6 Å². The molecule has 2 aromatic rings. The van der Waals surface area contributed by atoms with E-state index in [0.29, 0.717) is 18.8 Å². The van der Waals surface area contributed by atoms with Gasteiger partial charge in [0.1, 0.15) is 0 Å². The van der Waals surface area contributed by atoms with E-state index in [-0.39, 0.29) is 21.3 Å². The number of hydrogen-bond acceptors (Lipinski definition) is 6. The lowest BCUT2D eigenvalue weighted by atomic mass is 10.2. The molecule has 0 atom stereocenters. The number of nitrogens with zero attached hydrogens (tertiary/aromatic N) is 2. The normalized spacial score (nSPS) is 11.2. The number of anilines is 1. The Bertz CT molecular complexity index is 1050. The van der Waals surface area contributed by atoms with Gasteiger partial charge in [-0.05, 0) is 55.4 Å². The minimum atomic E-state index is -3.59. The molecule has 166 valence electrons. The number of thiocarbonyl (C=S) groups is 1. The number of hydrogen-bond donors (Lipinski definition) is 2. The Morgan fingerprint density at radius 1 is 1.10 bits per heavy atom. The second kappa shape index (κ2) is 10.9. The summed E-state index contributed by atoms with van der Waals surface area (Å²) in [6.07, 6.45) is 1.44. The molecular formula is C20H24N4O5S2. The molecular weight excluding hydrogens is 440 g/mol. The first kappa shape index (κ1) is 24.4. The molecule has 0 heterocycles. The van der Waals surface area contributed by atoms with Crippen molar-refractivity contribution >= 4 is 44.6 Å². The number of carbonyl (C=O) groups excluding carboxylic acids is 1. The number of rotatable bonds is 9. The van der Waals surface area contributed by atoms with E-state index in [0.717, 1.165) is 18.9 Å². The van der Waals surface area contributed by atoms with Crippen LogP contribution < -0.4 is 10.6 Å². The third kappa shape index (κ3) is 6.54. The van der Waals surface area contributed by atoms with Crippen LogP contribution in [0.4, 0.5) is 11.4 Å². The zero-order valence-electron chi connectivity index (χ0n) is 17.2. The van der Waals surface area contributed by atoms with Crippen molar-refractivity contribution in [3.63, 3.8) is 0 Å². The fourth-order valence-electron chi connectivity index (χ4n) is 2.81. The van der Waals surface area contributed by atoms with E-state index < -0.39 is 20.9 Å². The molecule has 2 N–H and O–H groups in total. The highest BCUT2D eigenvalue weighted by atomic mass is 32.2. The molecule has 9 nitrogen and oxygen atoms in total. The lowest BCUT2D eigenvalue weighted by Crippen LogP contribution is -2.34. The van der Waals surface area contributed by atoms with Crippen molar-refractivity contribution in [3.8, 4) is 0 Å². The quantitative estimate of drug-likeness (QED) is 0.331. The summed E-state index contributed by atoms with van der Waals surface area (Å²) in [6.45, 7) is 4.75. The number of non-ortho nitro benzene ring substituents is 1. The Labute approximate surface area is 186 Å². The van der Waals surface area contributed by atoms with Crippen LogP contribution in [0.1, 0.15) is 37.0 Å². The fraction of sp³-hybridized carbons (Fsp3) is 0.300. The molecule has 0 unspecified atom stereocenters. The fourth-order valence-corrected chi connectivity index (χ4v) is 4.64. The third-order valence-corrected chi connectivity index (χ3v) is 6.36. The van der Waals surface area contributed by atoms with E-state index >= 15 is 0 Å². The topological polar surface area (TPSA) is 122 Å². The summed E-state index contributed by atoms with van der Waals surface area (Å²) in [4.78, 5) is 22.7. The van der Waals surface area contributed by atoms with Crippen LogP contribution in [0.15, 0.2) is 53.4 Å². The molecule has 0 spiro atoms. The molecule has 2 aromatic carbocycles. The number of nitro benzene ring substituents is 1. The molecule has 11 heteroatoms. The van der Waals surface area contributed by atoms with Crippen LogP contribution in [0.25, 0.3) is 0 Å². The van der Waals surface area contributed by atoms with E-state index in [1.165, 1.54) is 34.6 Å². The van der Waals surface area contributed by atoms with Crippen LogP contribution in [0.2, 0.25) is 0 Å². The number of sulfonamides is 1. The predicted molar refractivity (Wildman–Crippen MR) is 123 cm³/mol. The molecule has 0 aromatic heterocycles. The molecule has 0 fully saturated rings. The minimum Gasteiger partial charge on any atom is -0.332 e. The highest BCUT2D eigenvalue weighted by Gasteiger charge is 2.23. The van der Waals surface area contributed by atoms with Crippen LogP contribution in [-0.4, -0.2) is 41.8 Å². The van der Waals surface area contributed by atoms with Gasteiger partial charge in [-0.2, -0.15) is 4.31 Å². The van der Waals surface area contributed by atoms with Crippen molar-refractivity contribution in [3.05, 3.63) is 64.2 Å². The molecule has 0 aliphatic heterocycles. The summed E-state index contributed by atoms with van der Waals surface area (Å²) in [6, 6.07) is 11.3. The highest BCUT2D eigenvalue weighted by molar-refractivity contribution is 7.89. The van der Waals surface area contributed by atoms with Crippen LogP contribution in [0, 0.1) is 10.1 Å². The van der Waals surface area contributed by atoms with E-state index in [9.17, 15) is 23.3 Å². The predicted octanol–water partition coefficient (Wildman–Crippen LogP) is 3.53. The van der Waals surface area contributed by atoms with Gasteiger partial charge in [0.2, 0.25) is 10.0 Å². The maximum Gasteiger partial charge on any atom is 0.270 e. The van der Waals surface area contributed by atoms with Crippen molar-refractivity contribution in [2.45, 2.75) is 31.6 Å². The second-order valence-electron chi connectivity index (χ2n) is 6.64. The summed E-state index contributed by atoms with van der Waals surface area (Å²) in [5.41, 5.74) is 0.371. The Hall–Kier alpha value is -2.89. The van der Waals surface area contributed by atoms with Crippen molar-refractivity contribution in [2.24, 2.45) is 0 Å². The van der Waals surface area contributed by atoms with Gasteiger partial charge in [0, 0.05) is 36.5 Å². The minimum absolute atomic E-state index is 0.0225. The van der Waals surface area contributed by atoms with E-state index in [4.69, 9.17) is 12.2 Å². The van der Waals surface area contributed by atoms with Crippen molar-refractivity contribution in [1.29, 1.82) is 0 Å². The van der Waals surface area contributed by atoms with E-state index in [1.807, 2.05) is 13.8 Å². The summed E-state index contributed by atoms with van der Waals surface area (Å²) >= 11 is 5.11. The standard InChI is InChI=1S/C20H24N4O5S2/c1-3-12-23(13-4-2)31(28,29)18-10-8-16(9-11-18)21-20(30)22-19(25)15-6-5-7-17(14-15)24(26)27/h5-11,14H,3-4,12-13H2,1-2H3,(H2,21,22,25,30). The smallest absolute Gasteiger partial charge is 0.270 e. The SMILES string of the molecule is CCCN(CCC)S(=O)(=O)c1ccc(NC(=S)NC(=O)c2cccc([N+](=O)[O-])c2)cc1. The zero-order valence-corrected chi connectivity index (χ0v) is 18.8. The lowest BCUT2D eigenvalue weighted by molar-refractivity contribution is -0.384. The van der Waals surface area contributed by atoms with Gasteiger partial charge in [0.05, 0.1) is 9.82 Å². The van der Waals surface area contributed by atoms with E-state index in [2.05, 4.69) is 10.6 Å². The Balaban J connectivity index is 2.05. The number of nitrogens with one attached hydrogen (secondary N) is 2. The molecule has 0 radical (unpaired) electrons. The van der Waals surface area contributed by atoms with Crippen LogP contribution in [-0.2, 0) is 10.0 Å². The van der Waals surface area contributed by atoms with Crippen LogP contribution >= 0.6 is 12.2 Å². The zero-order chi connectivity index (χ0) is 23.0. The summed E-state index contributed by atoms with van der Waals surface area (Å²) in [7, 11) is -3.59. The van der Waals surface area contributed by atoms with Gasteiger partial charge in [-0.25, -0.2) is 8.42 Å². The summed E-state index contributed by atoms with van der Waals surface area (Å²) < 4.78 is 27.1. The van der Waals surface area contributed by atoms with Gasteiger partial charge in [-0.3, -0.25) is 20.2 Å². The van der Waals surface area contributed by atoms with Gasteiger partial charge in [-0.1, -0.05) is 19.9 Å². The Kier molecular flexibility index (Phi) is 8.60. The maximum absolute atomic E-state index is 12.8. The van der Waals surface area contributed by atoms with E-state index in [1.54, 1.807) is 12.1 Å². The summed E-state index contributed by atoms with van der Waals surface area (Å²) in [5, 5.41) is 16.1. The van der Waals surface area contributed by atoms with Crippen LogP contribution in [0.5, 0.6) is 0 Å². The van der Waals surface area contributed by atoms with Gasteiger partial charge >= 0.3 is 0 Å². The Morgan fingerprint density at radius 3 is 2.26 bits per heavy atom. The summed E-state index contributed by atoms with van der Waals surface area (Å²) in [5.74, 6) is -0.602. The Morgan fingerprint density at radius 2 is 1.71 bits per heavy atom. The van der Waals surface area contributed by atoms with Gasteiger partial charge in [0.15, 0.2) is 5.11 Å². The third-order valence-electron chi connectivity index (χ3n) is 4.24. The first-order valence-electron chi connectivity index (χ1n) is 9.66. The number of carbonyl (C=O) groups is 1. The molecule has 2 rings (SSSR count). The highest BCUT2D eigenvalue weighted by Crippen LogP contribution is 2.19. The monoisotopic (exact) mass is 464 g/mol. The second-order valence-corrected chi connectivity index (χ2v) is 8.99. The first-order valence-corrected chi connectivity index (χ1v) is 11.5. The van der Waals surface area contributed by atoms with Crippen molar-refractivity contribution in [1.82, 2.24) is 9.62 Å². The lowest BCUT2D eigenvalue weighted by Gasteiger charge is -2.21. The molecule has 0 saturated carbocycles. The molecule has 0 aliphatic rings. The number of benzene rings is 2. The average molecular weight is 465 g/mol. The van der Waals surface area contributed by atoms with Crippen LogP contribution in [0.3, 0.4) is 0 Å². The molecule has 0 aliphatic carbocycles. The number of nitro groups is 1. The molecule has 0 saturated heterocycles. The largest absolute Gasteiger partial charge is 0.332 e. The first-order chi connectivity index (χ1) is 14.7. The number of amides is 1. The maximum atomic E-state index is 12.8.